The predicted molar refractivity (Wildman–Crippen MR) is 224 cm³/mol. The fourth-order valence-electron chi connectivity index (χ4n) is 5.98. The van der Waals surface area contributed by atoms with Crippen LogP contribution < -0.4 is 21.7 Å². The molecule has 0 aromatic carbocycles. The maximum absolute atomic E-state index is 13.1. The highest BCUT2D eigenvalue weighted by Gasteiger charge is 2.34. The van der Waals surface area contributed by atoms with Gasteiger partial charge in [-0.25, -0.2) is 38.9 Å². The Kier molecular flexibility index (Phi) is 11.9. The molecule has 6 N–H and O–H groups in total. The third kappa shape index (κ3) is 10.9. The number of carboxylic acid groups (broad SMARTS) is 1. The van der Waals surface area contributed by atoms with E-state index in [1.165, 1.54) is 45.7 Å². The molecule has 2 saturated carbocycles. The lowest BCUT2D eigenvalue weighted by Gasteiger charge is -2.12. The number of aromatic nitrogens is 10. The monoisotopic (exact) mass is 896 g/mol. The van der Waals surface area contributed by atoms with Crippen molar-refractivity contribution in [1.29, 1.82) is 0 Å². The van der Waals surface area contributed by atoms with Gasteiger partial charge in [0.1, 0.15) is 45.4 Å². The quantitative estimate of drug-likeness (QED) is 0.0859. The molecule has 0 saturated heterocycles. The number of aliphatic carboxylic acids is 1. The number of carbonyl (C=O) groups is 2. The van der Waals surface area contributed by atoms with Crippen molar-refractivity contribution in [3.8, 4) is 23.0 Å². The number of anilines is 6. The summed E-state index contributed by atoms with van der Waals surface area (Å²) < 4.78 is 81.1. The van der Waals surface area contributed by atoms with Crippen LogP contribution in [0.3, 0.4) is 0 Å². The van der Waals surface area contributed by atoms with Crippen molar-refractivity contribution in [2.45, 2.75) is 38.0 Å². The van der Waals surface area contributed by atoms with Crippen molar-refractivity contribution in [1.82, 2.24) is 49.1 Å². The summed E-state index contributed by atoms with van der Waals surface area (Å²) in [5, 5.41) is 25.6. The molecule has 8 heterocycles. The lowest BCUT2D eigenvalue weighted by molar-refractivity contribution is -0.141. The number of amides is 1. The Morgan fingerprint density at radius 2 is 1.12 bits per heavy atom. The number of rotatable bonds is 9. The Morgan fingerprint density at radius 1 is 0.631 bits per heavy atom. The topological polar surface area (TPSA) is 228 Å². The Hall–Kier alpha value is -8.24. The number of nitrogens with two attached hydrogens (primary N) is 1. The zero-order valence-electron chi connectivity index (χ0n) is 33.5. The highest BCUT2D eigenvalue weighted by Crippen LogP contribution is 2.33. The molecule has 2 fully saturated rings. The smallest absolute Gasteiger partial charge is 0.433 e. The van der Waals surface area contributed by atoms with Crippen LogP contribution in [0.5, 0.6) is 0 Å². The molecular weight excluding hydrogens is 863 g/mol. The first-order valence-electron chi connectivity index (χ1n) is 19.6. The maximum atomic E-state index is 13.1. The van der Waals surface area contributed by atoms with Gasteiger partial charge in [-0.3, -0.25) is 9.59 Å². The minimum Gasteiger partial charge on any atom is -0.481 e. The van der Waals surface area contributed by atoms with Crippen molar-refractivity contribution in [3.63, 3.8) is 0 Å². The van der Waals surface area contributed by atoms with Gasteiger partial charge in [0, 0.05) is 54.2 Å². The van der Waals surface area contributed by atoms with Crippen LogP contribution in [-0.4, -0.2) is 66.1 Å². The third-order valence-electron chi connectivity index (χ3n) is 9.51. The molecule has 17 nitrogen and oxygen atoms in total. The van der Waals surface area contributed by atoms with Gasteiger partial charge in [-0.15, -0.1) is 10.2 Å². The zero-order valence-corrected chi connectivity index (χ0v) is 33.5. The largest absolute Gasteiger partial charge is 0.481 e. The molecule has 23 heteroatoms. The highest BCUT2D eigenvalue weighted by molar-refractivity contribution is 5.93. The fourth-order valence-corrected chi connectivity index (χ4v) is 5.98. The summed E-state index contributed by atoms with van der Waals surface area (Å²) in [5.74, 6) is 0.918. The Bertz CT molecular complexity index is 3020. The lowest BCUT2D eigenvalue weighted by atomic mass is 10.3. The molecule has 8 aromatic rings. The average Bonchev–Trinajstić information content (AvgIpc) is 4.21. The van der Waals surface area contributed by atoms with Gasteiger partial charge in [0.15, 0.2) is 11.6 Å². The van der Waals surface area contributed by atoms with Crippen LogP contribution in [0, 0.1) is 11.8 Å². The van der Waals surface area contributed by atoms with E-state index in [2.05, 4.69) is 56.1 Å². The number of alkyl halides is 6. The van der Waals surface area contributed by atoms with E-state index in [-0.39, 0.29) is 40.8 Å². The van der Waals surface area contributed by atoms with Crippen molar-refractivity contribution >= 4 is 57.6 Å². The van der Waals surface area contributed by atoms with Crippen LogP contribution in [0.1, 0.15) is 37.1 Å². The van der Waals surface area contributed by atoms with Crippen molar-refractivity contribution in [2.24, 2.45) is 11.8 Å². The summed E-state index contributed by atoms with van der Waals surface area (Å²) in [6.45, 7) is 0. The number of fused-ring (bicyclic) bond motifs is 2. The van der Waals surface area contributed by atoms with E-state index < -0.39 is 29.7 Å². The minimum atomic E-state index is -4.58. The van der Waals surface area contributed by atoms with Gasteiger partial charge in [0.2, 0.25) is 17.6 Å². The second-order valence-electron chi connectivity index (χ2n) is 14.6. The first-order valence-corrected chi connectivity index (χ1v) is 19.6. The van der Waals surface area contributed by atoms with Crippen LogP contribution >= 0.6 is 0 Å². The molecule has 0 bridgehead atoms. The third-order valence-corrected chi connectivity index (χ3v) is 9.51. The van der Waals surface area contributed by atoms with E-state index in [0.29, 0.717) is 45.7 Å². The number of halogens is 6. The summed E-state index contributed by atoms with van der Waals surface area (Å²) in [5.41, 5.74) is 6.13. The number of pyridine rings is 4. The minimum absolute atomic E-state index is 0.00871. The molecule has 0 atom stereocenters. The van der Waals surface area contributed by atoms with E-state index >= 15 is 0 Å². The van der Waals surface area contributed by atoms with E-state index in [4.69, 9.17) is 10.8 Å². The predicted octanol–water partition coefficient (Wildman–Crippen LogP) is 8.31. The summed E-state index contributed by atoms with van der Waals surface area (Å²) in [7, 11) is 0. The standard InChI is InChI=1S/C21H16F3N7O.C17H12F3N7.C4H6O2/c22-21(23,24)16-5-1-3-14(27-16)18-29-19(15-4-2-10-31(15)30-18)26-13-8-9-25-17(11-13)28-20(32)12-6-7-12;18-17(19,20)13-5-1-3-11(24-13)15-25-16(12-4-2-8-27(12)26-15)23-10-6-7-22-14(21)9-10;5-4(6)3-1-2-3/h1-5,8-12H,6-7H2,(H2,25,26,28,29,30,32);1-9H,(H3,21,22,23,25,26);3H,1-2H2,(H,5,6). The number of hydrogen-bond donors (Lipinski definition) is 5. The van der Waals surface area contributed by atoms with Gasteiger partial charge >= 0.3 is 18.3 Å². The molecule has 65 heavy (non-hydrogen) atoms. The van der Waals surface area contributed by atoms with Gasteiger partial charge in [0.05, 0.1) is 5.92 Å². The Morgan fingerprint density at radius 3 is 1.57 bits per heavy atom. The van der Waals surface area contributed by atoms with Gasteiger partial charge < -0.3 is 26.8 Å². The maximum Gasteiger partial charge on any atom is 0.433 e. The van der Waals surface area contributed by atoms with E-state index in [9.17, 15) is 35.9 Å². The van der Waals surface area contributed by atoms with Gasteiger partial charge in [-0.2, -0.15) is 26.3 Å². The fraction of sp³-hybridized carbons (Fsp3) is 0.190. The molecule has 0 spiro atoms. The molecule has 2 aliphatic rings. The SMILES string of the molecule is Nc1cc(Nc2nc(-c3cccc(C(F)(F)F)n3)nn3cccc23)ccn1.O=C(Nc1cc(Nc2nc(-c3cccc(C(F)(F)F)n3)nn3cccc23)ccn1)C1CC1.O=C(O)C1CC1. The molecule has 0 radical (unpaired) electrons. The first kappa shape index (κ1) is 43.4. The molecule has 8 aromatic heterocycles. The number of nitrogens with zero attached hydrogens (tertiary/aromatic N) is 10. The number of nitrogens with one attached hydrogen (secondary N) is 3. The van der Waals surface area contributed by atoms with Crippen LogP contribution in [0.2, 0.25) is 0 Å². The zero-order chi connectivity index (χ0) is 45.9. The second-order valence-corrected chi connectivity index (χ2v) is 14.6. The lowest BCUT2D eigenvalue weighted by Crippen LogP contribution is -2.14. The summed E-state index contributed by atoms with van der Waals surface area (Å²) >= 11 is 0. The van der Waals surface area contributed by atoms with Crippen LogP contribution in [0.25, 0.3) is 34.1 Å². The van der Waals surface area contributed by atoms with E-state index in [1.54, 1.807) is 60.9 Å². The molecule has 0 unspecified atom stereocenters. The molecular formula is C42H34F6N14O3. The van der Waals surface area contributed by atoms with Crippen LogP contribution in [-0.2, 0) is 21.9 Å². The summed E-state index contributed by atoms with van der Waals surface area (Å²) in [6.07, 6.45) is 0.820. The molecule has 0 aliphatic heterocycles. The van der Waals surface area contributed by atoms with Crippen LogP contribution in [0.4, 0.5) is 61.0 Å². The van der Waals surface area contributed by atoms with Gasteiger partial charge in [0.25, 0.3) is 0 Å². The van der Waals surface area contributed by atoms with Crippen LogP contribution in [0.15, 0.2) is 110 Å². The van der Waals surface area contributed by atoms with Crippen molar-refractivity contribution < 1.29 is 41.0 Å². The molecule has 332 valence electrons. The molecule has 1 amide bonds. The van der Waals surface area contributed by atoms with Gasteiger partial charge in [-0.1, -0.05) is 12.1 Å². The van der Waals surface area contributed by atoms with Gasteiger partial charge in [-0.05, 0) is 86.3 Å². The first-order chi connectivity index (χ1) is 31.1. The van der Waals surface area contributed by atoms with E-state index in [0.717, 1.165) is 37.8 Å². The normalized spacial score (nSPS) is 13.6. The number of hydrogen-bond acceptors (Lipinski definition) is 13. The Balaban J connectivity index is 0.000000159. The number of carbonyl (C=O) groups excluding carboxylic acids is 1. The average molecular weight is 897 g/mol. The molecule has 2 aliphatic carbocycles. The number of nitrogen functional groups attached to an aromatic ring is 1. The van der Waals surface area contributed by atoms with Crippen molar-refractivity contribution in [3.05, 3.63) is 121 Å². The number of carboxylic acids is 1. The molecule has 10 rings (SSSR count). The Labute approximate surface area is 362 Å². The summed E-state index contributed by atoms with van der Waals surface area (Å²) in [6, 6.07) is 20.9. The highest BCUT2D eigenvalue weighted by atomic mass is 19.4. The summed E-state index contributed by atoms with van der Waals surface area (Å²) in [4.78, 5) is 45.9. The van der Waals surface area contributed by atoms with E-state index in [1.807, 2.05) is 0 Å². The second kappa shape index (κ2) is 17.9. The van der Waals surface area contributed by atoms with Crippen molar-refractivity contribution in [2.75, 3.05) is 21.7 Å².